The van der Waals surface area contributed by atoms with E-state index in [-0.39, 0.29) is 0 Å². The van der Waals surface area contributed by atoms with Crippen LogP contribution in [-0.2, 0) is 6.42 Å². The van der Waals surface area contributed by atoms with E-state index in [2.05, 4.69) is 33.2 Å². The van der Waals surface area contributed by atoms with Crippen molar-refractivity contribution in [3.8, 4) is 6.07 Å². The molecule has 0 atom stereocenters. The minimum atomic E-state index is 0.772. The number of anilines is 1. The van der Waals surface area contributed by atoms with Gasteiger partial charge >= 0.3 is 0 Å². The highest BCUT2D eigenvalue weighted by molar-refractivity contribution is 7.09. The fourth-order valence-electron chi connectivity index (χ4n) is 2.85. The number of aryl methyl sites for hydroxylation is 1. The van der Waals surface area contributed by atoms with Crippen molar-refractivity contribution in [3.63, 3.8) is 0 Å². The van der Waals surface area contributed by atoms with Crippen LogP contribution in [0.5, 0.6) is 0 Å². The molecule has 1 aromatic heterocycles. The molecule has 0 radical (unpaired) electrons. The van der Waals surface area contributed by atoms with E-state index in [4.69, 9.17) is 0 Å². The Morgan fingerprint density at radius 3 is 2.68 bits per heavy atom. The summed E-state index contributed by atoms with van der Waals surface area (Å²) in [7, 11) is 0. The summed E-state index contributed by atoms with van der Waals surface area (Å²) in [6.07, 6.45) is 1.03. The number of hydrogen-bond acceptors (Lipinski definition) is 5. The summed E-state index contributed by atoms with van der Waals surface area (Å²) in [6.45, 7) is 7.17. The first-order chi connectivity index (χ1) is 10.8. The third-order valence-corrected chi connectivity index (χ3v) is 4.91. The lowest BCUT2D eigenvalue weighted by molar-refractivity contribution is 0.260. The van der Waals surface area contributed by atoms with E-state index in [1.807, 2.05) is 24.3 Å². The van der Waals surface area contributed by atoms with Gasteiger partial charge in [-0.15, -0.1) is 11.3 Å². The molecule has 1 aliphatic heterocycles. The van der Waals surface area contributed by atoms with E-state index >= 15 is 0 Å². The van der Waals surface area contributed by atoms with Crippen LogP contribution < -0.4 is 4.90 Å². The zero-order chi connectivity index (χ0) is 15.4. The molecular formula is C17H20N4S. The van der Waals surface area contributed by atoms with Gasteiger partial charge in [-0.3, -0.25) is 4.90 Å². The summed E-state index contributed by atoms with van der Waals surface area (Å²) >= 11 is 1.72. The molecule has 2 aromatic rings. The van der Waals surface area contributed by atoms with E-state index in [1.165, 1.54) is 5.69 Å². The minimum absolute atomic E-state index is 0.772. The van der Waals surface area contributed by atoms with Gasteiger partial charge in [0.25, 0.3) is 0 Å². The Labute approximate surface area is 135 Å². The molecule has 2 heterocycles. The van der Waals surface area contributed by atoms with Crippen molar-refractivity contribution >= 4 is 17.0 Å². The molecule has 0 aliphatic carbocycles. The molecule has 0 amide bonds. The molecule has 3 rings (SSSR count). The standard InChI is InChI=1S/C17H20N4S/c1-14-19-16(13-22-14)6-7-20-8-10-21(11-9-20)17-5-3-2-4-15(17)12-18/h2-5,13H,6-11H2,1H3. The van der Waals surface area contributed by atoms with E-state index < -0.39 is 0 Å². The van der Waals surface area contributed by atoms with Crippen LogP contribution in [0.1, 0.15) is 16.3 Å². The van der Waals surface area contributed by atoms with E-state index in [0.29, 0.717) is 0 Å². The quantitative estimate of drug-likeness (QED) is 0.870. The first kappa shape index (κ1) is 15.0. The lowest BCUT2D eigenvalue weighted by Crippen LogP contribution is -2.47. The zero-order valence-corrected chi connectivity index (χ0v) is 13.6. The number of piperazine rings is 1. The Balaban J connectivity index is 1.53. The molecule has 4 nitrogen and oxygen atoms in total. The van der Waals surface area contributed by atoms with Crippen LogP contribution in [0, 0.1) is 18.3 Å². The van der Waals surface area contributed by atoms with Gasteiger partial charge in [0.1, 0.15) is 6.07 Å². The van der Waals surface area contributed by atoms with Crippen molar-refractivity contribution in [2.24, 2.45) is 0 Å². The van der Waals surface area contributed by atoms with Crippen LogP contribution in [0.2, 0.25) is 0 Å². The van der Waals surface area contributed by atoms with Gasteiger partial charge in [-0.05, 0) is 19.1 Å². The largest absolute Gasteiger partial charge is 0.368 e. The Morgan fingerprint density at radius 1 is 1.23 bits per heavy atom. The average molecular weight is 312 g/mol. The molecular weight excluding hydrogens is 292 g/mol. The Kier molecular flexibility index (Phi) is 4.71. The number of para-hydroxylation sites is 1. The summed E-state index contributed by atoms with van der Waals surface area (Å²) < 4.78 is 0. The van der Waals surface area contributed by atoms with Crippen LogP contribution >= 0.6 is 11.3 Å². The second-order valence-corrected chi connectivity index (χ2v) is 6.63. The normalized spacial score (nSPS) is 15.7. The number of nitriles is 1. The number of thiazole rings is 1. The van der Waals surface area contributed by atoms with Crippen LogP contribution in [0.15, 0.2) is 29.6 Å². The third kappa shape index (κ3) is 3.46. The van der Waals surface area contributed by atoms with Crippen molar-refractivity contribution in [1.82, 2.24) is 9.88 Å². The fraction of sp³-hybridized carbons (Fsp3) is 0.412. The van der Waals surface area contributed by atoms with Crippen LogP contribution in [-0.4, -0.2) is 42.6 Å². The molecule has 5 heteroatoms. The lowest BCUT2D eigenvalue weighted by atomic mass is 10.1. The van der Waals surface area contributed by atoms with E-state index in [0.717, 1.165) is 55.4 Å². The van der Waals surface area contributed by atoms with Gasteiger partial charge in [-0.25, -0.2) is 4.98 Å². The van der Waals surface area contributed by atoms with Crippen LogP contribution in [0.3, 0.4) is 0 Å². The molecule has 0 saturated carbocycles. The van der Waals surface area contributed by atoms with Gasteiger partial charge in [0.05, 0.1) is 22.0 Å². The van der Waals surface area contributed by atoms with Crippen LogP contribution in [0.25, 0.3) is 0 Å². The van der Waals surface area contributed by atoms with Gasteiger partial charge in [0, 0.05) is 44.5 Å². The summed E-state index contributed by atoms with van der Waals surface area (Å²) in [5.74, 6) is 0. The molecule has 0 spiro atoms. The summed E-state index contributed by atoms with van der Waals surface area (Å²) in [4.78, 5) is 9.33. The summed E-state index contributed by atoms with van der Waals surface area (Å²) in [5.41, 5.74) is 3.05. The monoisotopic (exact) mass is 312 g/mol. The van der Waals surface area contributed by atoms with Gasteiger partial charge in [-0.2, -0.15) is 5.26 Å². The molecule has 1 aromatic carbocycles. The number of rotatable bonds is 4. The molecule has 22 heavy (non-hydrogen) atoms. The fourth-order valence-corrected chi connectivity index (χ4v) is 3.50. The van der Waals surface area contributed by atoms with Gasteiger partial charge in [-0.1, -0.05) is 12.1 Å². The summed E-state index contributed by atoms with van der Waals surface area (Å²) in [6, 6.07) is 10.2. The van der Waals surface area contributed by atoms with Crippen molar-refractivity contribution < 1.29 is 0 Å². The SMILES string of the molecule is Cc1nc(CCN2CCN(c3ccccc3C#N)CC2)cs1. The predicted octanol–water partition coefficient (Wildman–Crippen LogP) is 2.69. The zero-order valence-electron chi connectivity index (χ0n) is 12.8. The maximum absolute atomic E-state index is 9.22. The van der Waals surface area contributed by atoms with Crippen LogP contribution in [0.4, 0.5) is 5.69 Å². The molecule has 1 saturated heterocycles. The van der Waals surface area contributed by atoms with E-state index in [9.17, 15) is 5.26 Å². The van der Waals surface area contributed by atoms with Gasteiger partial charge < -0.3 is 4.90 Å². The molecule has 0 N–H and O–H groups in total. The van der Waals surface area contributed by atoms with Crippen molar-refractivity contribution in [2.45, 2.75) is 13.3 Å². The maximum atomic E-state index is 9.22. The molecule has 0 unspecified atom stereocenters. The van der Waals surface area contributed by atoms with Gasteiger partial charge in [0.2, 0.25) is 0 Å². The van der Waals surface area contributed by atoms with Crippen molar-refractivity contribution in [3.05, 3.63) is 45.9 Å². The maximum Gasteiger partial charge on any atom is 0.101 e. The number of nitrogens with zero attached hydrogens (tertiary/aromatic N) is 4. The Hall–Kier alpha value is -1.90. The Bertz CT molecular complexity index is 665. The number of benzene rings is 1. The van der Waals surface area contributed by atoms with Gasteiger partial charge in [0.15, 0.2) is 0 Å². The van der Waals surface area contributed by atoms with E-state index in [1.54, 1.807) is 11.3 Å². The topological polar surface area (TPSA) is 43.2 Å². The second-order valence-electron chi connectivity index (χ2n) is 5.57. The van der Waals surface area contributed by atoms with Crippen molar-refractivity contribution in [2.75, 3.05) is 37.6 Å². The summed E-state index contributed by atoms with van der Waals surface area (Å²) in [5, 5.41) is 12.5. The number of hydrogen-bond donors (Lipinski definition) is 0. The highest BCUT2D eigenvalue weighted by Gasteiger charge is 2.18. The first-order valence-electron chi connectivity index (χ1n) is 7.63. The van der Waals surface area contributed by atoms with Crippen molar-refractivity contribution in [1.29, 1.82) is 5.26 Å². The second kappa shape index (κ2) is 6.91. The molecule has 114 valence electrons. The number of aromatic nitrogens is 1. The molecule has 0 bridgehead atoms. The minimum Gasteiger partial charge on any atom is -0.368 e. The molecule has 1 fully saturated rings. The molecule has 1 aliphatic rings. The third-order valence-electron chi connectivity index (χ3n) is 4.09. The lowest BCUT2D eigenvalue weighted by Gasteiger charge is -2.36. The predicted molar refractivity (Wildman–Crippen MR) is 90.4 cm³/mol. The smallest absolute Gasteiger partial charge is 0.101 e. The Morgan fingerprint density at radius 2 is 2.00 bits per heavy atom. The highest BCUT2D eigenvalue weighted by Crippen LogP contribution is 2.21. The average Bonchev–Trinajstić information content (AvgIpc) is 2.99. The first-order valence-corrected chi connectivity index (χ1v) is 8.51. The highest BCUT2D eigenvalue weighted by atomic mass is 32.1.